The normalized spacial score (nSPS) is 16.2. The Bertz CT molecular complexity index is 419. The first-order chi connectivity index (χ1) is 9.17. The second-order valence-electron chi connectivity index (χ2n) is 5.28. The molecule has 0 unspecified atom stereocenters. The standard InChI is InChI=1S/C13H22ClN5/c1-3-5-13(6-7-13)9-16-12-18-10(14)17-11(19-12)15-8-4-2/h3-9H2,1-2H3,(H2,15,16,17,18,19). The Hall–Kier alpha value is -1.10. The summed E-state index contributed by atoms with van der Waals surface area (Å²) in [5.74, 6) is 1.12. The Balaban J connectivity index is 1.94. The maximum absolute atomic E-state index is 5.91. The van der Waals surface area contributed by atoms with Crippen LogP contribution in [-0.4, -0.2) is 28.0 Å². The van der Waals surface area contributed by atoms with Crippen molar-refractivity contribution >= 4 is 23.5 Å². The van der Waals surface area contributed by atoms with Gasteiger partial charge in [0.15, 0.2) is 0 Å². The van der Waals surface area contributed by atoms with Crippen LogP contribution in [0, 0.1) is 5.41 Å². The van der Waals surface area contributed by atoms with Gasteiger partial charge in [-0.3, -0.25) is 0 Å². The van der Waals surface area contributed by atoms with Crippen LogP contribution in [0.15, 0.2) is 0 Å². The summed E-state index contributed by atoms with van der Waals surface area (Å²) in [7, 11) is 0. The van der Waals surface area contributed by atoms with Gasteiger partial charge in [0.1, 0.15) is 0 Å². The molecule has 106 valence electrons. The molecule has 0 aromatic carbocycles. The Morgan fingerprint density at radius 1 is 1.05 bits per heavy atom. The maximum atomic E-state index is 5.91. The van der Waals surface area contributed by atoms with Gasteiger partial charge >= 0.3 is 0 Å². The maximum Gasteiger partial charge on any atom is 0.228 e. The van der Waals surface area contributed by atoms with E-state index in [0.717, 1.165) is 19.5 Å². The van der Waals surface area contributed by atoms with Crippen molar-refractivity contribution in [2.24, 2.45) is 5.41 Å². The van der Waals surface area contributed by atoms with E-state index in [0.29, 0.717) is 17.3 Å². The molecule has 19 heavy (non-hydrogen) atoms. The molecule has 1 aliphatic carbocycles. The van der Waals surface area contributed by atoms with Crippen molar-refractivity contribution in [2.75, 3.05) is 23.7 Å². The smallest absolute Gasteiger partial charge is 0.228 e. The first-order valence-electron chi connectivity index (χ1n) is 7.07. The number of aromatic nitrogens is 3. The monoisotopic (exact) mass is 283 g/mol. The van der Waals surface area contributed by atoms with Gasteiger partial charge in [0.2, 0.25) is 17.2 Å². The SMILES string of the molecule is CCCNc1nc(Cl)nc(NCC2(CCC)CC2)n1. The largest absolute Gasteiger partial charge is 0.354 e. The Labute approximate surface area is 119 Å². The van der Waals surface area contributed by atoms with Crippen LogP contribution in [-0.2, 0) is 0 Å². The van der Waals surface area contributed by atoms with Crippen molar-refractivity contribution < 1.29 is 0 Å². The predicted molar refractivity (Wildman–Crippen MR) is 78.7 cm³/mol. The average molecular weight is 284 g/mol. The van der Waals surface area contributed by atoms with Crippen LogP contribution >= 0.6 is 11.6 Å². The highest BCUT2D eigenvalue weighted by Gasteiger charge is 2.41. The van der Waals surface area contributed by atoms with Crippen molar-refractivity contribution in [1.29, 1.82) is 0 Å². The van der Waals surface area contributed by atoms with Gasteiger partial charge in [0, 0.05) is 13.1 Å². The molecule has 0 bridgehead atoms. The average Bonchev–Trinajstić information content (AvgIpc) is 3.14. The van der Waals surface area contributed by atoms with Crippen molar-refractivity contribution in [3.05, 3.63) is 5.28 Å². The highest BCUT2D eigenvalue weighted by Crippen LogP contribution is 2.49. The summed E-state index contributed by atoms with van der Waals surface area (Å²) in [6.07, 6.45) is 6.11. The summed E-state index contributed by atoms with van der Waals surface area (Å²) in [6.45, 7) is 6.08. The fraction of sp³-hybridized carbons (Fsp3) is 0.769. The van der Waals surface area contributed by atoms with Crippen LogP contribution < -0.4 is 10.6 Å². The zero-order valence-corrected chi connectivity index (χ0v) is 12.4. The summed E-state index contributed by atoms with van der Waals surface area (Å²) >= 11 is 5.91. The third kappa shape index (κ3) is 4.20. The van der Waals surface area contributed by atoms with E-state index in [1.165, 1.54) is 25.7 Å². The molecule has 1 heterocycles. The van der Waals surface area contributed by atoms with E-state index >= 15 is 0 Å². The molecule has 6 heteroatoms. The third-order valence-electron chi connectivity index (χ3n) is 3.50. The topological polar surface area (TPSA) is 62.7 Å². The summed E-state index contributed by atoms with van der Waals surface area (Å²) in [4.78, 5) is 12.5. The van der Waals surface area contributed by atoms with Gasteiger partial charge in [-0.05, 0) is 42.7 Å². The van der Waals surface area contributed by atoms with E-state index < -0.39 is 0 Å². The van der Waals surface area contributed by atoms with E-state index in [9.17, 15) is 0 Å². The molecule has 1 aliphatic rings. The zero-order chi connectivity index (χ0) is 13.7. The number of rotatable bonds is 8. The van der Waals surface area contributed by atoms with Crippen molar-refractivity contribution in [1.82, 2.24) is 15.0 Å². The second kappa shape index (κ2) is 6.37. The summed E-state index contributed by atoms with van der Waals surface area (Å²) in [5.41, 5.74) is 0.463. The minimum absolute atomic E-state index is 0.233. The number of hydrogen-bond acceptors (Lipinski definition) is 5. The lowest BCUT2D eigenvalue weighted by Gasteiger charge is -2.15. The highest BCUT2D eigenvalue weighted by molar-refractivity contribution is 6.28. The molecule has 1 fully saturated rings. The molecule has 1 saturated carbocycles. The van der Waals surface area contributed by atoms with E-state index in [4.69, 9.17) is 11.6 Å². The summed E-state index contributed by atoms with van der Waals surface area (Å²) in [5, 5.41) is 6.66. The zero-order valence-electron chi connectivity index (χ0n) is 11.7. The van der Waals surface area contributed by atoms with Gasteiger partial charge in [-0.25, -0.2) is 0 Å². The number of hydrogen-bond donors (Lipinski definition) is 2. The van der Waals surface area contributed by atoms with Gasteiger partial charge in [-0.15, -0.1) is 0 Å². The van der Waals surface area contributed by atoms with E-state index in [-0.39, 0.29) is 5.28 Å². The fourth-order valence-corrected chi connectivity index (χ4v) is 2.39. The number of halogens is 1. The van der Waals surface area contributed by atoms with Crippen molar-refractivity contribution in [2.45, 2.75) is 46.0 Å². The van der Waals surface area contributed by atoms with Gasteiger partial charge in [-0.2, -0.15) is 15.0 Å². The number of nitrogens with one attached hydrogen (secondary N) is 2. The minimum atomic E-state index is 0.233. The van der Waals surface area contributed by atoms with Gasteiger partial charge < -0.3 is 10.6 Å². The minimum Gasteiger partial charge on any atom is -0.354 e. The lowest BCUT2D eigenvalue weighted by atomic mass is 10.0. The number of nitrogens with zero attached hydrogens (tertiary/aromatic N) is 3. The summed E-state index contributed by atoms with van der Waals surface area (Å²) < 4.78 is 0. The molecule has 0 amide bonds. The molecule has 0 atom stereocenters. The van der Waals surface area contributed by atoms with Crippen molar-refractivity contribution in [3.8, 4) is 0 Å². The molecule has 5 nitrogen and oxygen atoms in total. The molecule has 1 aromatic heterocycles. The molecule has 0 spiro atoms. The van der Waals surface area contributed by atoms with Crippen LogP contribution in [0.5, 0.6) is 0 Å². The Kier molecular flexibility index (Phi) is 4.80. The molecule has 0 aliphatic heterocycles. The Morgan fingerprint density at radius 3 is 2.32 bits per heavy atom. The molecule has 2 rings (SSSR count). The molecule has 0 radical (unpaired) electrons. The van der Waals surface area contributed by atoms with Gasteiger partial charge in [0.25, 0.3) is 0 Å². The van der Waals surface area contributed by atoms with Crippen LogP contribution in [0.2, 0.25) is 5.28 Å². The molecule has 0 saturated heterocycles. The molecule has 1 aromatic rings. The first kappa shape index (κ1) is 14.3. The second-order valence-corrected chi connectivity index (χ2v) is 5.62. The molecular weight excluding hydrogens is 262 g/mol. The van der Waals surface area contributed by atoms with E-state index in [2.05, 4.69) is 39.4 Å². The van der Waals surface area contributed by atoms with Crippen LogP contribution in [0.4, 0.5) is 11.9 Å². The Morgan fingerprint density at radius 2 is 1.74 bits per heavy atom. The van der Waals surface area contributed by atoms with Crippen molar-refractivity contribution in [3.63, 3.8) is 0 Å². The van der Waals surface area contributed by atoms with E-state index in [1.807, 2.05) is 0 Å². The van der Waals surface area contributed by atoms with Crippen LogP contribution in [0.3, 0.4) is 0 Å². The molecular formula is C13H22ClN5. The van der Waals surface area contributed by atoms with Gasteiger partial charge in [-0.1, -0.05) is 20.3 Å². The number of anilines is 2. The van der Waals surface area contributed by atoms with Crippen LogP contribution in [0.25, 0.3) is 0 Å². The lowest BCUT2D eigenvalue weighted by molar-refractivity contribution is 0.484. The van der Waals surface area contributed by atoms with E-state index in [1.54, 1.807) is 0 Å². The van der Waals surface area contributed by atoms with Crippen LogP contribution in [0.1, 0.15) is 46.0 Å². The fourth-order valence-electron chi connectivity index (χ4n) is 2.23. The predicted octanol–water partition coefficient (Wildman–Crippen LogP) is 3.34. The lowest BCUT2D eigenvalue weighted by Crippen LogP contribution is -2.17. The first-order valence-corrected chi connectivity index (χ1v) is 7.44. The molecule has 2 N–H and O–H groups in total. The third-order valence-corrected chi connectivity index (χ3v) is 3.67. The summed E-state index contributed by atoms with van der Waals surface area (Å²) in [6, 6.07) is 0. The highest BCUT2D eigenvalue weighted by atomic mass is 35.5. The van der Waals surface area contributed by atoms with Gasteiger partial charge in [0.05, 0.1) is 0 Å². The quantitative estimate of drug-likeness (QED) is 0.766.